The molecule has 0 radical (unpaired) electrons. The van der Waals surface area contributed by atoms with E-state index < -0.39 is 0 Å². The highest BCUT2D eigenvalue weighted by molar-refractivity contribution is 7.80. The van der Waals surface area contributed by atoms with E-state index in [4.69, 9.17) is 22.1 Å². The van der Waals surface area contributed by atoms with Gasteiger partial charge in [-0.15, -0.1) is 5.10 Å². The molecule has 106 valence electrons. The quantitative estimate of drug-likeness (QED) is 0.729. The van der Waals surface area contributed by atoms with Gasteiger partial charge in [-0.25, -0.2) is 0 Å². The van der Waals surface area contributed by atoms with Crippen LogP contribution in [0.2, 0.25) is 0 Å². The van der Waals surface area contributed by atoms with Gasteiger partial charge in [-0.3, -0.25) is 0 Å². The van der Waals surface area contributed by atoms with Crippen LogP contribution >= 0.6 is 12.2 Å². The van der Waals surface area contributed by atoms with Crippen LogP contribution < -0.4 is 5.43 Å². The fourth-order valence-corrected chi connectivity index (χ4v) is 2.35. The molecule has 8 heteroatoms. The average molecular weight is 285 g/mol. The molecule has 1 aromatic rings. The zero-order valence-corrected chi connectivity index (χ0v) is 11.9. The van der Waals surface area contributed by atoms with Gasteiger partial charge >= 0.3 is 0 Å². The van der Waals surface area contributed by atoms with Gasteiger partial charge in [0.25, 0.3) is 0 Å². The SMILES string of the molecule is C[C@@H]1CN(C(=S)c2cn(NCCO)nn2)C[C@H](C)O1. The van der Waals surface area contributed by atoms with E-state index in [-0.39, 0.29) is 18.8 Å². The van der Waals surface area contributed by atoms with Crippen LogP contribution in [0, 0.1) is 0 Å². The molecule has 1 fully saturated rings. The van der Waals surface area contributed by atoms with Gasteiger partial charge in [0, 0.05) is 13.1 Å². The number of rotatable bonds is 4. The van der Waals surface area contributed by atoms with Gasteiger partial charge in [-0.1, -0.05) is 12.2 Å². The first-order valence-corrected chi connectivity index (χ1v) is 6.72. The minimum atomic E-state index is 0.0398. The molecule has 1 aliphatic heterocycles. The van der Waals surface area contributed by atoms with Crippen molar-refractivity contribution in [3.63, 3.8) is 0 Å². The van der Waals surface area contributed by atoms with Crippen molar-refractivity contribution in [3.8, 4) is 0 Å². The van der Waals surface area contributed by atoms with Crippen LogP contribution in [0.4, 0.5) is 0 Å². The Balaban J connectivity index is 2.00. The molecule has 0 aliphatic carbocycles. The molecule has 2 heterocycles. The highest BCUT2D eigenvalue weighted by atomic mass is 32.1. The van der Waals surface area contributed by atoms with Crippen molar-refractivity contribution >= 4 is 17.2 Å². The van der Waals surface area contributed by atoms with Gasteiger partial charge < -0.3 is 20.2 Å². The lowest BCUT2D eigenvalue weighted by Gasteiger charge is -2.36. The number of aromatic nitrogens is 3. The summed E-state index contributed by atoms with van der Waals surface area (Å²) in [5.41, 5.74) is 3.53. The van der Waals surface area contributed by atoms with Crippen LogP contribution in [0.1, 0.15) is 19.5 Å². The van der Waals surface area contributed by atoms with Crippen molar-refractivity contribution in [3.05, 3.63) is 11.9 Å². The van der Waals surface area contributed by atoms with E-state index in [1.54, 1.807) is 6.20 Å². The molecule has 7 nitrogen and oxygen atoms in total. The maximum Gasteiger partial charge on any atom is 0.142 e. The molecule has 1 saturated heterocycles. The number of hydrogen-bond acceptors (Lipinski definition) is 6. The molecule has 2 atom stereocenters. The fourth-order valence-electron chi connectivity index (χ4n) is 2.11. The molecule has 0 saturated carbocycles. The molecule has 1 aliphatic rings. The number of ether oxygens (including phenoxy) is 1. The summed E-state index contributed by atoms with van der Waals surface area (Å²) in [6.45, 7) is 6.05. The number of nitrogens with zero attached hydrogens (tertiary/aromatic N) is 4. The maximum absolute atomic E-state index is 8.73. The third-order valence-electron chi connectivity index (χ3n) is 2.80. The van der Waals surface area contributed by atoms with Crippen molar-refractivity contribution in [2.45, 2.75) is 26.1 Å². The topological polar surface area (TPSA) is 75.4 Å². The summed E-state index contributed by atoms with van der Waals surface area (Å²) in [6, 6.07) is 0. The van der Waals surface area contributed by atoms with Gasteiger partial charge in [0.05, 0.1) is 31.6 Å². The molecule has 1 aromatic heterocycles. The number of morpholine rings is 1. The number of aliphatic hydroxyl groups excluding tert-OH is 1. The molecule has 0 spiro atoms. The zero-order chi connectivity index (χ0) is 13.8. The standard InChI is InChI=1S/C11H19N5O2S/c1-8-5-15(6-9(2)18-8)11(19)10-7-16(14-13-10)12-3-4-17/h7-9,12,17H,3-6H2,1-2H3/t8-,9+. The summed E-state index contributed by atoms with van der Waals surface area (Å²) in [4.78, 5) is 4.23. The third kappa shape index (κ3) is 3.62. The summed E-state index contributed by atoms with van der Waals surface area (Å²) in [6.07, 6.45) is 2.04. The smallest absolute Gasteiger partial charge is 0.142 e. The lowest BCUT2D eigenvalue weighted by Crippen LogP contribution is -2.47. The van der Waals surface area contributed by atoms with Crippen LogP contribution in [0.5, 0.6) is 0 Å². The molecule has 2 rings (SSSR count). The van der Waals surface area contributed by atoms with E-state index in [9.17, 15) is 0 Å². The van der Waals surface area contributed by atoms with E-state index in [0.29, 0.717) is 17.2 Å². The summed E-state index contributed by atoms with van der Waals surface area (Å²) in [5.74, 6) is 0. The largest absolute Gasteiger partial charge is 0.394 e. The van der Waals surface area contributed by atoms with Gasteiger partial charge in [0.2, 0.25) is 0 Å². The summed E-state index contributed by atoms with van der Waals surface area (Å²) in [7, 11) is 0. The molecule has 0 unspecified atom stereocenters. The molecule has 19 heavy (non-hydrogen) atoms. The molecular formula is C11H19N5O2S. The number of thiocarbonyl (C=S) groups is 1. The molecule has 2 N–H and O–H groups in total. The van der Waals surface area contributed by atoms with Crippen molar-refractivity contribution < 1.29 is 9.84 Å². The predicted octanol–water partition coefficient (Wildman–Crippen LogP) is -0.401. The number of nitrogens with one attached hydrogen (secondary N) is 1. The van der Waals surface area contributed by atoms with E-state index in [0.717, 1.165) is 13.1 Å². The maximum atomic E-state index is 8.73. The Hall–Kier alpha value is -1.25. The highest BCUT2D eigenvalue weighted by Crippen LogP contribution is 2.13. The van der Waals surface area contributed by atoms with Crippen LogP contribution in [0.25, 0.3) is 0 Å². The Morgan fingerprint density at radius 2 is 2.21 bits per heavy atom. The molecule has 0 amide bonds. The Bertz CT molecular complexity index is 428. The molecular weight excluding hydrogens is 266 g/mol. The Labute approximate surface area is 117 Å². The van der Waals surface area contributed by atoms with Gasteiger partial charge in [-0.2, -0.15) is 4.79 Å². The second kappa shape index (κ2) is 6.27. The first-order chi connectivity index (χ1) is 9.10. The van der Waals surface area contributed by atoms with E-state index in [2.05, 4.69) is 20.6 Å². The van der Waals surface area contributed by atoms with Gasteiger partial charge in [0.15, 0.2) is 0 Å². The Morgan fingerprint density at radius 1 is 1.53 bits per heavy atom. The summed E-state index contributed by atoms with van der Waals surface area (Å²) in [5, 5.41) is 16.7. The normalized spacial score (nSPS) is 23.4. The fraction of sp³-hybridized carbons (Fsp3) is 0.727. The van der Waals surface area contributed by atoms with Gasteiger partial charge in [0.1, 0.15) is 10.7 Å². The van der Waals surface area contributed by atoms with Gasteiger partial charge in [-0.05, 0) is 19.1 Å². The monoisotopic (exact) mass is 285 g/mol. The molecule has 0 bridgehead atoms. The Morgan fingerprint density at radius 3 is 2.84 bits per heavy atom. The van der Waals surface area contributed by atoms with Crippen molar-refractivity contribution in [1.29, 1.82) is 0 Å². The lowest BCUT2D eigenvalue weighted by atomic mass is 10.2. The number of hydrogen-bond donors (Lipinski definition) is 2. The second-order valence-corrected chi connectivity index (χ2v) is 5.03. The highest BCUT2D eigenvalue weighted by Gasteiger charge is 2.25. The van der Waals surface area contributed by atoms with E-state index >= 15 is 0 Å². The Kier molecular flexibility index (Phi) is 4.67. The predicted molar refractivity (Wildman–Crippen MR) is 74.6 cm³/mol. The summed E-state index contributed by atoms with van der Waals surface area (Å²) < 4.78 is 5.68. The second-order valence-electron chi connectivity index (χ2n) is 4.65. The van der Waals surface area contributed by atoms with Crippen molar-refractivity contribution in [2.24, 2.45) is 0 Å². The van der Waals surface area contributed by atoms with E-state index in [1.807, 2.05) is 13.8 Å². The lowest BCUT2D eigenvalue weighted by molar-refractivity contribution is -0.0472. The van der Waals surface area contributed by atoms with Crippen molar-refractivity contribution in [1.82, 2.24) is 20.0 Å². The minimum absolute atomic E-state index is 0.0398. The number of aliphatic hydroxyl groups is 1. The average Bonchev–Trinajstić information content (AvgIpc) is 2.83. The third-order valence-corrected chi connectivity index (χ3v) is 3.27. The summed E-state index contributed by atoms with van der Waals surface area (Å²) >= 11 is 5.45. The van der Waals surface area contributed by atoms with Crippen LogP contribution in [-0.4, -0.2) is 68.5 Å². The van der Waals surface area contributed by atoms with Crippen LogP contribution in [-0.2, 0) is 4.74 Å². The van der Waals surface area contributed by atoms with Crippen LogP contribution in [0.3, 0.4) is 0 Å². The first-order valence-electron chi connectivity index (χ1n) is 6.32. The first kappa shape index (κ1) is 14.2. The molecule has 0 aromatic carbocycles. The van der Waals surface area contributed by atoms with E-state index in [1.165, 1.54) is 4.79 Å². The zero-order valence-electron chi connectivity index (χ0n) is 11.1. The van der Waals surface area contributed by atoms with Crippen molar-refractivity contribution in [2.75, 3.05) is 31.7 Å². The van der Waals surface area contributed by atoms with Crippen LogP contribution in [0.15, 0.2) is 6.20 Å². The minimum Gasteiger partial charge on any atom is -0.394 e.